The number of hydrogen-bond donors (Lipinski definition) is 1. The Bertz CT molecular complexity index is 947. The number of benzene rings is 2. The molecule has 3 amide bonds. The van der Waals surface area contributed by atoms with Crippen LogP contribution in [0.1, 0.15) is 55.0 Å². The highest BCUT2D eigenvalue weighted by Crippen LogP contribution is 2.26. The smallest absolute Gasteiger partial charge is 0.261 e. The Hall–Kier alpha value is -2.99. The quantitative estimate of drug-likeness (QED) is 0.812. The predicted octanol–water partition coefficient (Wildman–Crippen LogP) is 2.70. The second-order valence-corrected chi connectivity index (χ2v) is 7.29. The molecule has 1 unspecified atom stereocenters. The highest BCUT2D eigenvalue weighted by Gasteiger charge is 2.37. The fourth-order valence-corrected chi connectivity index (χ4v) is 3.70. The van der Waals surface area contributed by atoms with Crippen LogP contribution in [0.5, 0.6) is 0 Å². The van der Waals surface area contributed by atoms with Crippen LogP contribution in [0.2, 0.25) is 0 Å². The lowest BCUT2D eigenvalue weighted by atomic mass is 10.1. The van der Waals surface area contributed by atoms with Crippen LogP contribution in [0, 0.1) is 6.92 Å². The minimum absolute atomic E-state index is 0.0979. The molecule has 0 saturated carbocycles. The SMILES string of the molecule is Cc1cccc(CNC(=O)c2ccc3c(c2)C(=O)N(CC2CCCO2)C3=O)c1. The topological polar surface area (TPSA) is 75.7 Å². The maximum absolute atomic E-state index is 12.7. The van der Waals surface area contributed by atoms with E-state index in [-0.39, 0.29) is 35.9 Å². The Labute approximate surface area is 163 Å². The Kier molecular flexibility index (Phi) is 4.96. The molecule has 6 heteroatoms. The van der Waals surface area contributed by atoms with Crippen LogP contribution >= 0.6 is 0 Å². The van der Waals surface area contributed by atoms with Gasteiger partial charge in [0.15, 0.2) is 0 Å². The predicted molar refractivity (Wildman–Crippen MR) is 103 cm³/mol. The molecule has 0 radical (unpaired) electrons. The molecule has 0 spiro atoms. The molecule has 2 aromatic rings. The van der Waals surface area contributed by atoms with Crippen molar-refractivity contribution in [1.82, 2.24) is 10.2 Å². The van der Waals surface area contributed by atoms with Crippen molar-refractivity contribution in [2.45, 2.75) is 32.4 Å². The number of nitrogens with one attached hydrogen (secondary N) is 1. The zero-order valence-corrected chi connectivity index (χ0v) is 15.7. The third-order valence-corrected chi connectivity index (χ3v) is 5.18. The third kappa shape index (κ3) is 3.55. The molecule has 0 aromatic heterocycles. The summed E-state index contributed by atoms with van der Waals surface area (Å²) in [6, 6.07) is 12.6. The van der Waals surface area contributed by atoms with Gasteiger partial charge in [-0.05, 0) is 43.5 Å². The van der Waals surface area contributed by atoms with Crippen LogP contribution in [0.15, 0.2) is 42.5 Å². The molecule has 1 N–H and O–H groups in total. The fourth-order valence-electron chi connectivity index (χ4n) is 3.70. The Morgan fingerprint density at radius 3 is 2.71 bits per heavy atom. The number of aryl methyl sites for hydroxylation is 1. The van der Waals surface area contributed by atoms with Crippen LogP contribution in [0.4, 0.5) is 0 Å². The lowest BCUT2D eigenvalue weighted by Gasteiger charge is -2.17. The van der Waals surface area contributed by atoms with E-state index in [9.17, 15) is 14.4 Å². The third-order valence-electron chi connectivity index (χ3n) is 5.18. The van der Waals surface area contributed by atoms with E-state index in [0.29, 0.717) is 24.3 Å². The average molecular weight is 378 g/mol. The second-order valence-electron chi connectivity index (χ2n) is 7.29. The molecule has 1 fully saturated rings. The summed E-state index contributed by atoms with van der Waals surface area (Å²) < 4.78 is 5.54. The number of carbonyl (C=O) groups is 3. The summed E-state index contributed by atoms with van der Waals surface area (Å²) in [7, 11) is 0. The van der Waals surface area contributed by atoms with Crippen LogP contribution in [-0.4, -0.2) is 41.9 Å². The Morgan fingerprint density at radius 2 is 1.96 bits per heavy atom. The Balaban J connectivity index is 1.47. The highest BCUT2D eigenvalue weighted by molar-refractivity contribution is 6.22. The largest absolute Gasteiger partial charge is 0.376 e. The van der Waals surface area contributed by atoms with Gasteiger partial charge in [0.05, 0.1) is 23.8 Å². The van der Waals surface area contributed by atoms with Gasteiger partial charge in [-0.2, -0.15) is 0 Å². The van der Waals surface area contributed by atoms with Gasteiger partial charge in [-0.1, -0.05) is 29.8 Å². The van der Waals surface area contributed by atoms with E-state index in [0.717, 1.165) is 24.0 Å². The van der Waals surface area contributed by atoms with Crippen molar-refractivity contribution in [3.8, 4) is 0 Å². The normalized spacial score (nSPS) is 18.5. The minimum atomic E-state index is -0.358. The van der Waals surface area contributed by atoms with E-state index in [1.54, 1.807) is 12.1 Å². The average Bonchev–Trinajstić information content (AvgIpc) is 3.29. The number of fused-ring (bicyclic) bond motifs is 1. The van der Waals surface area contributed by atoms with Crippen LogP contribution < -0.4 is 5.32 Å². The molecular weight excluding hydrogens is 356 g/mol. The summed E-state index contributed by atoms with van der Waals surface area (Å²) in [5, 5.41) is 2.86. The van der Waals surface area contributed by atoms with Gasteiger partial charge in [-0.25, -0.2) is 0 Å². The lowest BCUT2D eigenvalue weighted by Crippen LogP contribution is -2.36. The molecular formula is C22H22N2O4. The maximum atomic E-state index is 12.7. The molecule has 2 aliphatic rings. The molecule has 144 valence electrons. The van der Waals surface area contributed by atoms with Crippen LogP contribution in [-0.2, 0) is 11.3 Å². The number of imide groups is 1. The zero-order valence-electron chi connectivity index (χ0n) is 15.7. The lowest BCUT2D eigenvalue weighted by molar-refractivity contribution is 0.0475. The maximum Gasteiger partial charge on any atom is 0.261 e. The number of ether oxygens (including phenoxy) is 1. The molecule has 6 nitrogen and oxygen atoms in total. The summed E-state index contributed by atoms with van der Waals surface area (Å²) in [6.45, 7) is 3.33. The van der Waals surface area contributed by atoms with Gasteiger partial charge in [-0.15, -0.1) is 0 Å². The summed E-state index contributed by atoms with van der Waals surface area (Å²) in [5.74, 6) is -0.951. The van der Waals surface area contributed by atoms with Crippen molar-refractivity contribution in [3.05, 3.63) is 70.3 Å². The first-order chi connectivity index (χ1) is 13.5. The van der Waals surface area contributed by atoms with Gasteiger partial charge in [0, 0.05) is 18.7 Å². The summed E-state index contributed by atoms with van der Waals surface area (Å²) in [4.78, 5) is 39.0. The van der Waals surface area contributed by atoms with Gasteiger partial charge in [-0.3, -0.25) is 19.3 Å². The first-order valence-corrected chi connectivity index (χ1v) is 9.48. The summed E-state index contributed by atoms with van der Waals surface area (Å²) in [5.41, 5.74) is 3.12. The highest BCUT2D eigenvalue weighted by atomic mass is 16.5. The number of amides is 3. The second kappa shape index (κ2) is 7.56. The number of nitrogens with zero attached hydrogens (tertiary/aromatic N) is 1. The molecule has 28 heavy (non-hydrogen) atoms. The van der Waals surface area contributed by atoms with E-state index in [4.69, 9.17) is 4.74 Å². The summed E-state index contributed by atoms with van der Waals surface area (Å²) >= 11 is 0. The minimum Gasteiger partial charge on any atom is -0.376 e. The van der Waals surface area contributed by atoms with Crippen molar-refractivity contribution in [2.75, 3.05) is 13.2 Å². The monoisotopic (exact) mass is 378 g/mol. The molecule has 0 bridgehead atoms. The van der Waals surface area contributed by atoms with Crippen molar-refractivity contribution in [1.29, 1.82) is 0 Å². The van der Waals surface area contributed by atoms with Crippen molar-refractivity contribution >= 4 is 17.7 Å². The molecule has 2 aliphatic heterocycles. The van der Waals surface area contributed by atoms with Gasteiger partial charge < -0.3 is 10.1 Å². The van der Waals surface area contributed by atoms with Crippen molar-refractivity contribution in [3.63, 3.8) is 0 Å². The molecule has 0 aliphatic carbocycles. The van der Waals surface area contributed by atoms with E-state index >= 15 is 0 Å². The first-order valence-electron chi connectivity index (χ1n) is 9.48. The number of carbonyl (C=O) groups excluding carboxylic acids is 3. The number of hydrogen-bond acceptors (Lipinski definition) is 4. The molecule has 1 saturated heterocycles. The molecule has 4 rings (SSSR count). The number of rotatable bonds is 5. The zero-order chi connectivity index (χ0) is 19.7. The molecule has 1 atom stereocenters. The van der Waals surface area contributed by atoms with E-state index < -0.39 is 0 Å². The van der Waals surface area contributed by atoms with E-state index in [1.807, 2.05) is 31.2 Å². The van der Waals surface area contributed by atoms with Crippen LogP contribution in [0.25, 0.3) is 0 Å². The molecule has 2 aromatic carbocycles. The van der Waals surface area contributed by atoms with Gasteiger partial charge in [0.2, 0.25) is 0 Å². The Morgan fingerprint density at radius 1 is 1.14 bits per heavy atom. The fraction of sp³-hybridized carbons (Fsp3) is 0.318. The summed E-state index contributed by atoms with van der Waals surface area (Å²) in [6.07, 6.45) is 1.69. The van der Waals surface area contributed by atoms with Crippen molar-refractivity contribution in [2.24, 2.45) is 0 Å². The van der Waals surface area contributed by atoms with Crippen LogP contribution in [0.3, 0.4) is 0 Å². The molecule has 2 heterocycles. The van der Waals surface area contributed by atoms with Crippen molar-refractivity contribution < 1.29 is 19.1 Å². The van der Waals surface area contributed by atoms with E-state index in [2.05, 4.69) is 5.32 Å². The van der Waals surface area contributed by atoms with Gasteiger partial charge in [0.25, 0.3) is 17.7 Å². The van der Waals surface area contributed by atoms with Gasteiger partial charge >= 0.3 is 0 Å². The van der Waals surface area contributed by atoms with E-state index in [1.165, 1.54) is 11.0 Å². The van der Waals surface area contributed by atoms with Gasteiger partial charge in [0.1, 0.15) is 0 Å². The first kappa shape index (κ1) is 18.4. The standard InChI is InChI=1S/C22H22N2O4/c1-14-4-2-5-15(10-14)12-23-20(25)16-7-8-18-19(11-16)22(27)24(21(18)26)13-17-6-3-9-28-17/h2,4-5,7-8,10-11,17H,3,6,9,12-13H2,1H3,(H,23,25).